The number of aliphatic hydroxyl groups is 1. The third kappa shape index (κ3) is 3.10. The van der Waals surface area contributed by atoms with Gasteiger partial charge < -0.3 is 16.2 Å². The molecule has 1 aliphatic carbocycles. The second kappa shape index (κ2) is 6.31. The molecule has 5 heteroatoms. The van der Waals surface area contributed by atoms with Crippen LogP contribution >= 0.6 is 11.3 Å². The monoisotopic (exact) mass is 268 g/mol. The van der Waals surface area contributed by atoms with Crippen LogP contribution < -0.4 is 11.1 Å². The number of nitrogens with one attached hydrogen (secondary N) is 1. The predicted octanol–water partition coefficient (Wildman–Crippen LogP) is 1.27. The Bertz CT molecular complexity index is 380. The van der Waals surface area contributed by atoms with Gasteiger partial charge in [-0.25, -0.2) is 0 Å². The zero-order valence-corrected chi connectivity index (χ0v) is 11.2. The first-order valence-electron chi connectivity index (χ1n) is 6.40. The first-order chi connectivity index (χ1) is 8.72. The van der Waals surface area contributed by atoms with E-state index in [2.05, 4.69) is 5.32 Å². The number of nitrogens with two attached hydrogens (primary N) is 1. The van der Waals surface area contributed by atoms with E-state index >= 15 is 0 Å². The number of carbonyl (C=O) groups excluding carboxylic acids is 1. The molecule has 4 N–H and O–H groups in total. The summed E-state index contributed by atoms with van der Waals surface area (Å²) < 4.78 is 0. The van der Waals surface area contributed by atoms with E-state index < -0.39 is 6.10 Å². The average Bonchev–Trinajstić information content (AvgIpc) is 3.04. The van der Waals surface area contributed by atoms with Crippen LogP contribution in [0.3, 0.4) is 0 Å². The van der Waals surface area contributed by atoms with Crippen LogP contribution in [-0.2, 0) is 4.79 Å². The highest BCUT2D eigenvalue weighted by atomic mass is 32.1. The molecule has 100 valence electrons. The van der Waals surface area contributed by atoms with Crippen LogP contribution in [0.5, 0.6) is 0 Å². The summed E-state index contributed by atoms with van der Waals surface area (Å²) in [6.45, 7) is 0.856. The van der Waals surface area contributed by atoms with Crippen molar-refractivity contribution in [1.29, 1.82) is 0 Å². The topological polar surface area (TPSA) is 75.4 Å². The van der Waals surface area contributed by atoms with Gasteiger partial charge in [0.1, 0.15) is 0 Å². The molecule has 0 radical (unpaired) electrons. The Morgan fingerprint density at radius 1 is 1.61 bits per heavy atom. The fraction of sp³-hybridized carbons (Fsp3) is 0.615. The smallest absolute Gasteiger partial charge is 0.223 e. The maximum absolute atomic E-state index is 12.0. The van der Waals surface area contributed by atoms with E-state index in [0.717, 1.165) is 24.8 Å². The number of rotatable bonds is 5. The number of amides is 1. The van der Waals surface area contributed by atoms with Crippen molar-refractivity contribution in [3.63, 3.8) is 0 Å². The summed E-state index contributed by atoms with van der Waals surface area (Å²) in [4.78, 5) is 12.0. The minimum atomic E-state index is -0.613. The standard InChI is InChI=1S/C13H20N2O2S/c14-6-9-2-1-3-11(9)13(17)15-7-12(16)10-4-5-18-8-10/h4-5,8-9,11-12,16H,1-3,6-7,14H2,(H,15,17). The van der Waals surface area contributed by atoms with Gasteiger partial charge in [-0.05, 0) is 47.7 Å². The Labute approximate surface area is 111 Å². The van der Waals surface area contributed by atoms with E-state index in [4.69, 9.17) is 5.73 Å². The van der Waals surface area contributed by atoms with Crippen molar-refractivity contribution >= 4 is 17.2 Å². The van der Waals surface area contributed by atoms with Crippen LogP contribution in [0.25, 0.3) is 0 Å². The fourth-order valence-corrected chi connectivity index (χ4v) is 3.28. The Morgan fingerprint density at radius 3 is 3.11 bits per heavy atom. The third-order valence-corrected chi connectivity index (χ3v) is 4.40. The molecule has 0 spiro atoms. The molecule has 1 fully saturated rings. The van der Waals surface area contributed by atoms with Crippen molar-refractivity contribution in [3.8, 4) is 0 Å². The zero-order valence-electron chi connectivity index (χ0n) is 10.3. The van der Waals surface area contributed by atoms with Crippen LogP contribution in [0, 0.1) is 11.8 Å². The zero-order chi connectivity index (χ0) is 13.0. The lowest BCUT2D eigenvalue weighted by atomic mass is 9.95. The molecular weight excluding hydrogens is 248 g/mol. The molecule has 1 saturated carbocycles. The molecule has 4 nitrogen and oxygen atoms in total. The molecule has 3 atom stereocenters. The molecule has 1 heterocycles. The molecule has 0 aliphatic heterocycles. The van der Waals surface area contributed by atoms with Gasteiger partial charge in [0.15, 0.2) is 0 Å². The summed E-state index contributed by atoms with van der Waals surface area (Å²) in [6, 6.07) is 1.87. The summed E-state index contributed by atoms with van der Waals surface area (Å²) in [7, 11) is 0. The van der Waals surface area contributed by atoms with Crippen molar-refractivity contribution in [2.75, 3.05) is 13.1 Å². The molecule has 2 rings (SSSR count). The Balaban J connectivity index is 1.81. The van der Waals surface area contributed by atoms with Crippen molar-refractivity contribution in [3.05, 3.63) is 22.4 Å². The van der Waals surface area contributed by atoms with E-state index in [1.54, 1.807) is 11.3 Å². The maximum Gasteiger partial charge on any atom is 0.223 e. The van der Waals surface area contributed by atoms with E-state index in [0.29, 0.717) is 12.5 Å². The van der Waals surface area contributed by atoms with Crippen molar-refractivity contribution in [2.45, 2.75) is 25.4 Å². The highest BCUT2D eigenvalue weighted by Crippen LogP contribution is 2.31. The summed E-state index contributed by atoms with van der Waals surface area (Å²) in [5.41, 5.74) is 6.53. The van der Waals surface area contributed by atoms with Crippen molar-refractivity contribution in [2.24, 2.45) is 17.6 Å². The van der Waals surface area contributed by atoms with Gasteiger partial charge in [-0.15, -0.1) is 0 Å². The summed E-state index contributed by atoms with van der Waals surface area (Å²) in [6.07, 6.45) is 2.43. The first kappa shape index (κ1) is 13.5. The second-order valence-electron chi connectivity index (χ2n) is 4.85. The van der Waals surface area contributed by atoms with Gasteiger partial charge in [0, 0.05) is 12.5 Å². The second-order valence-corrected chi connectivity index (χ2v) is 5.63. The molecule has 1 aromatic rings. The maximum atomic E-state index is 12.0. The molecule has 0 aromatic carbocycles. The number of hydrogen-bond donors (Lipinski definition) is 3. The molecule has 0 bridgehead atoms. The van der Waals surface area contributed by atoms with Gasteiger partial charge in [0.25, 0.3) is 0 Å². The lowest BCUT2D eigenvalue weighted by Gasteiger charge is -2.18. The number of carbonyl (C=O) groups is 1. The normalized spacial score (nSPS) is 25.0. The highest BCUT2D eigenvalue weighted by Gasteiger charge is 2.31. The minimum absolute atomic E-state index is 0.0321. The number of thiophene rings is 1. The summed E-state index contributed by atoms with van der Waals surface area (Å²) >= 11 is 1.54. The van der Waals surface area contributed by atoms with E-state index in [-0.39, 0.29) is 18.4 Å². The van der Waals surface area contributed by atoms with E-state index in [1.807, 2.05) is 16.8 Å². The van der Waals surface area contributed by atoms with Crippen LogP contribution in [0.1, 0.15) is 30.9 Å². The molecule has 1 aromatic heterocycles. The Morgan fingerprint density at radius 2 is 2.44 bits per heavy atom. The quantitative estimate of drug-likeness (QED) is 0.753. The van der Waals surface area contributed by atoms with Crippen LogP contribution in [0.2, 0.25) is 0 Å². The average molecular weight is 268 g/mol. The van der Waals surface area contributed by atoms with E-state index in [1.165, 1.54) is 0 Å². The lowest BCUT2D eigenvalue weighted by Crippen LogP contribution is -2.37. The van der Waals surface area contributed by atoms with Gasteiger partial charge in [-0.3, -0.25) is 4.79 Å². The van der Waals surface area contributed by atoms with Gasteiger partial charge in [0.2, 0.25) is 5.91 Å². The molecule has 18 heavy (non-hydrogen) atoms. The number of aliphatic hydroxyl groups excluding tert-OH is 1. The largest absolute Gasteiger partial charge is 0.387 e. The first-order valence-corrected chi connectivity index (χ1v) is 7.34. The van der Waals surface area contributed by atoms with Gasteiger partial charge in [0.05, 0.1) is 6.10 Å². The summed E-state index contributed by atoms with van der Waals surface area (Å²) in [5, 5.41) is 16.5. The SMILES string of the molecule is NCC1CCCC1C(=O)NCC(O)c1ccsc1. The highest BCUT2D eigenvalue weighted by molar-refractivity contribution is 7.07. The molecular formula is C13H20N2O2S. The van der Waals surface area contributed by atoms with Crippen LogP contribution in [-0.4, -0.2) is 24.1 Å². The third-order valence-electron chi connectivity index (χ3n) is 3.70. The molecule has 3 unspecified atom stereocenters. The predicted molar refractivity (Wildman–Crippen MR) is 72.2 cm³/mol. The molecule has 0 saturated heterocycles. The van der Waals surface area contributed by atoms with Gasteiger partial charge >= 0.3 is 0 Å². The molecule has 1 aliphatic rings. The number of hydrogen-bond acceptors (Lipinski definition) is 4. The minimum Gasteiger partial charge on any atom is -0.387 e. The Hall–Kier alpha value is -0.910. The van der Waals surface area contributed by atoms with Crippen molar-refractivity contribution < 1.29 is 9.90 Å². The van der Waals surface area contributed by atoms with Gasteiger partial charge in [-0.2, -0.15) is 11.3 Å². The molecule has 1 amide bonds. The van der Waals surface area contributed by atoms with Crippen molar-refractivity contribution in [1.82, 2.24) is 5.32 Å². The lowest BCUT2D eigenvalue weighted by molar-refractivity contribution is -0.126. The summed E-state index contributed by atoms with van der Waals surface area (Å²) in [5.74, 6) is 0.380. The fourth-order valence-electron chi connectivity index (χ4n) is 2.57. The van der Waals surface area contributed by atoms with E-state index in [9.17, 15) is 9.90 Å². The van der Waals surface area contributed by atoms with Crippen LogP contribution in [0.15, 0.2) is 16.8 Å². The Kier molecular flexibility index (Phi) is 4.74. The van der Waals surface area contributed by atoms with Gasteiger partial charge in [-0.1, -0.05) is 6.42 Å². The van der Waals surface area contributed by atoms with Crippen LogP contribution in [0.4, 0.5) is 0 Å².